The van der Waals surface area contributed by atoms with Crippen molar-refractivity contribution in [3.63, 3.8) is 0 Å². The Morgan fingerprint density at radius 3 is 2.68 bits per heavy atom. The van der Waals surface area contributed by atoms with Gasteiger partial charge in [-0.25, -0.2) is 9.59 Å². The van der Waals surface area contributed by atoms with Gasteiger partial charge < -0.3 is 10.1 Å². The summed E-state index contributed by atoms with van der Waals surface area (Å²) in [6, 6.07) is 14.5. The molecular weight excluding hydrogens is 336 g/mol. The van der Waals surface area contributed by atoms with Crippen LogP contribution < -0.4 is 10.2 Å². The summed E-state index contributed by atoms with van der Waals surface area (Å²) < 4.78 is 4.79. The SMILES string of the molecule is CCC1CN(C(=O)Nc2ccccc2C(=O)OC)c2ccccc2S1. The molecule has 6 heteroatoms. The van der Waals surface area contributed by atoms with Gasteiger partial charge in [0.25, 0.3) is 0 Å². The Morgan fingerprint density at radius 2 is 1.92 bits per heavy atom. The number of para-hydroxylation sites is 2. The maximum atomic E-state index is 12.9. The molecule has 25 heavy (non-hydrogen) atoms. The van der Waals surface area contributed by atoms with E-state index >= 15 is 0 Å². The fourth-order valence-electron chi connectivity index (χ4n) is 2.77. The Balaban J connectivity index is 1.88. The minimum absolute atomic E-state index is 0.248. The Bertz CT molecular complexity index is 794. The Labute approximate surface area is 151 Å². The summed E-state index contributed by atoms with van der Waals surface area (Å²) in [5.41, 5.74) is 1.68. The fraction of sp³-hybridized carbons (Fsp3) is 0.263. The molecule has 0 fully saturated rings. The van der Waals surface area contributed by atoms with Crippen molar-refractivity contribution >= 4 is 35.1 Å². The van der Waals surface area contributed by atoms with Gasteiger partial charge in [0.1, 0.15) is 0 Å². The topological polar surface area (TPSA) is 58.6 Å². The zero-order chi connectivity index (χ0) is 17.8. The minimum atomic E-state index is -0.475. The van der Waals surface area contributed by atoms with Crippen molar-refractivity contribution in [2.24, 2.45) is 0 Å². The molecule has 1 unspecified atom stereocenters. The molecule has 0 aromatic heterocycles. The predicted molar refractivity (Wildman–Crippen MR) is 101 cm³/mol. The van der Waals surface area contributed by atoms with Crippen LogP contribution in [0.4, 0.5) is 16.2 Å². The number of esters is 1. The van der Waals surface area contributed by atoms with Crippen LogP contribution in [0.15, 0.2) is 53.4 Å². The number of urea groups is 1. The van der Waals surface area contributed by atoms with E-state index in [-0.39, 0.29) is 6.03 Å². The van der Waals surface area contributed by atoms with E-state index in [1.54, 1.807) is 40.9 Å². The highest BCUT2D eigenvalue weighted by molar-refractivity contribution is 8.00. The molecule has 0 bridgehead atoms. The average Bonchev–Trinajstić information content (AvgIpc) is 2.66. The molecule has 130 valence electrons. The third-order valence-electron chi connectivity index (χ3n) is 4.11. The lowest BCUT2D eigenvalue weighted by Gasteiger charge is -2.33. The second-order valence-electron chi connectivity index (χ2n) is 5.69. The number of hydrogen-bond acceptors (Lipinski definition) is 4. The quantitative estimate of drug-likeness (QED) is 0.829. The molecule has 0 aliphatic carbocycles. The fourth-order valence-corrected chi connectivity index (χ4v) is 3.97. The Morgan fingerprint density at radius 1 is 1.20 bits per heavy atom. The number of nitrogens with one attached hydrogen (secondary N) is 1. The Hall–Kier alpha value is -2.47. The standard InChI is InChI=1S/C19H20N2O3S/c1-3-13-12-21(16-10-6-7-11-17(16)25-13)19(23)20-15-9-5-4-8-14(15)18(22)24-2/h4-11,13H,3,12H2,1-2H3,(H,20,23). The summed E-state index contributed by atoms with van der Waals surface area (Å²) >= 11 is 1.80. The van der Waals surface area contributed by atoms with Gasteiger partial charge in [-0.05, 0) is 30.7 Å². The van der Waals surface area contributed by atoms with Crippen LogP contribution in [0, 0.1) is 0 Å². The molecule has 1 aliphatic rings. The van der Waals surface area contributed by atoms with E-state index in [9.17, 15) is 9.59 Å². The van der Waals surface area contributed by atoms with Crippen molar-refractivity contribution in [2.75, 3.05) is 23.9 Å². The lowest BCUT2D eigenvalue weighted by atomic mass is 10.2. The highest BCUT2D eigenvalue weighted by atomic mass is 32.2. The van der Waals surface area contributed by atoms with Crippen molar-refractivity contribution in [1.82, 2.24) is 0 Å². The number of rotatable bonds is 3. The van der Waals surface area contributed by atoms with Crippen LogP contribution in [0.3, 0.4) is 0 Å². The summed E-state index contributed by atoms with van der Waals surface area (Å²) in [4.78, 5) is 27.6. The van der Waals surface area contributed by atoms with Crippen molar-refractivity contribution in [1.29, 1.82) is 0 Å². The van der Waals surface area contributed by atoms with Gasteiger partial charge in [0.15, 0.2) is 0 Å². The zero-order valence-corrected chi connectivity index (χ0v) is 15.0. The lowest BCUT2D eigenvalue weighted by molar-refractivity contribution is 0.0602. The molecule has 0 spiro atoms. The van der Waals surface area contributed by atoms with Gasteiger partial charge in [0.2, 0.25) is 0 Å². The molecule has 2 aromatic rings. The highest BCUT2D eigenvalue weighted by Gasteiger charge is 2.28. The first kappa shape index (κ1) is 17.4. The number of anilines is 2. The maximum absolute atomic E-state index is 12.9. The third-order valence-corrected chi connectivity index (χ3v) is 5.53. The summed E-state index contributed by atoms with van der Waals surface area (Å²) in [5, 5.41) is 3.20. The summed E-state index contributed by atoms with van der Waals surface area (Å²) in [6.45, 7) is 2.75. The molecule has 1 aliphatic heterocycles. The number of ether oxygens (including phenoxy) is 1. The molecule has 1 heterocycles. The molecule has 5 nitrogen and oxygen atoms in total. The van der Waals surface area contributed by atoms with Gasteiger partial charge in [-0.1, -0.05) is 31.2 Å². The second kappa shape index (κ2) is 7.61. The highest BCUT2D eigenvalue weighted by Crippen LogP contribution is 2.39. The van der Waals surface area contributed by atoms with Crippen molar-refractivity contribution in [3.05, 3.63) is 54.1 Å². The summed E-state index contributed by atoms with van der Waals surface area (Å²) in [7, 11) is 1.32. The summed E-state index contributed by atoms with van der Waals surface area (Å²) in [5.74, 6) is -0.475. The van der Waals surface area contributed by atoms with E-state index in [1.807, 2.05) is 24.3 Å². The molecule has 2 aromatic carbocycles. The Kier molecular flexibility index (Phi) is 5.28. The van der Waals surface area contributed by atoms with E-state index in [0.717, 1.165) is 17.0 Å². The van der Waals surface area contributed by atoms with Gasteiger partial charge in [-0.15, -0.1) is 11.8 Å². The minimum Gasteiger partial charge on any atom is -0.465 e. The smallest absolute Gasteiger partial charge is 0.339 e. The molecule has 0 saturated heterocycles. The van der Waals surface area contributed by atoms with Gasteiger partial charge >= 0.3 is 12.0 Å². The van der Waals surface area contributed by atoms with Crippen molar-refractivity contribution in [3.8, 4) is 0 Å². The normalized spacial score (nSPS) is 16.1. The lowest BCUT2D eigenvalue weighted by Crippen LogP contribution is -2.42. The van der Waals surface area contributed by atoms with Crippen LogP contribution in [0.1, 0.15) is 23.7 Å². The zero-order valence-electron chi connectivity index (χ0n) is 14.2. The number of nitrogens with zero attached hydrogens (tertiary/aromatic N) is 1. The number of hydrogen-bond donors (Lipinski definition) is 1. The first-order valence-corrected chi connectivity index (χ1v) is 9.03. The van der Waals surface area contributed by atoms with Gasteiger partial charge in [-0.2, -0.15) is 0 Å². The molecule has 1 N–H and O–H groups in total. The van der Waals surface area contributed by atoms with Crippen LogP contribution in [-0.4, -0.2) is 30.9 Å². The monoisotopic (exact) mass is 356 g/mol. The number of carbonyl (C=O) groups excluding carboxylic acids is 2. The van der Waals surface area contributed by atoms with Crippen LogP contribution >= 0.6 is 11.8 Å². The second-order valence-corrected chi connectivity index (χ2v) is 7.04. The number of amides is 2. The average molecular weight is 356 g/mol. The number of thioether (sulfide) groups is 1. The van der Waals surface area contributed by atoms with E-state index in [0.29, 0.717) is 23.0 Å². The number of benzene rings is 2. The predicted octanol–water partition coefficient (Wildman–Crippen LogP) is 4.40. The van der Waals surface area contributed by atoms with Gasteiger partial charge in [-0.3, -0.25) is 4.90 Å². The van der Waals surface area contributed by atoms with E-state index in [1.165, 1.54) is 7.11 Å². The molecule has 0 radical (unpaired) electrons. The molecule has 1 atom stereocenters. The first-order chi connectivity index (χ1) is 12.1. The van der Waals surface area contributed by atoms with Crippen LogP contribution in [0.5, 0.6) is 0 Å². The number of methoxy groups -OCH3 is 1. The largest absolute Gasteiger partial charge is 0.465 e. The number of fused-ring (bicyclic) bond motifs is 1. The summed E-state index contributed by atoms with van der Waals surface area (Å²) in [6.07, 6.45) is 0.974. The molecular formula is C19H20N2O3S. The van der Waals surface area contributed by atoms with Crippen LogP contribution in [-0.2, 0) is 4.74 Å². The number of carbonyl (C=O) groups is 2. The first-order valence-electron chi connectivity index (χ1n) is 8.15. The van der Waals surface area contributed by atoms with Crippen molar-refractivity contribution < 1.29 is 14.3 Å². The van der Waals surface area contributed by atoms with E-state index in [2.05, 4.69) is 12.2 Å². The maximum Gasteiger partial charge on any atom is 0.339 e. The molecule has 2 amide bonds. The van der Waals surface area contributed by atoms with Gasteiger partial charge in [0.05, 0.1) is 24.0 Å². The molecule has 0 saturated carbocycles. The van der Waals surface area contributed by atoms with Crippen LogP contribution in [0.25, 0.3) is 0 Å². The third kappa shape index (κ3) is 3.64. The van der Waals surface area contributed by atoms with E-state index in [4.69, 9.17) is 4.74 Å². The van der Waals surface area contributed by atoms with E-state index < -0.39 is 5.97 Å². The van der Waals surface area contributed by atoms with Crippen LogP contribution in [0.2, 0.25) is 0 Å². The van der Waals surface area contributed by atoms with Gasteiger partial charge in [0, 0.05) is 16.7 Å². The van der Waals surface area contributed by atoms with Crippen molar-refractivity contribution in [2.45, 2.75) is 23.5 Å². The molecule has 3 rings (SSSR count).